The normalized spacial score (nSPS) is 11.5. The molecule has 0 spiro atoms. The predicted molar refractivity (Wildman–Crippen MR) is 96.8 cm³/mol. The van der Waals surface area contributed by atoms with E-state index in [0.717, 1.165) is 11.3 Å². The summed E-state index contributed by atoms with van der Waals surface area (Å²) in [5.74, 6) is 0.250. The van der Waals surface area contributed by atoms with Crippen molar-refractivity contribution in [2.75, 3.05) is 0 Å². The minimum absolute atomic E-state index is 0.250. The van der Waals surface area contributed by atoms with E-state index in [2.05, 4.69) is 59.6 Å². The summed E-state index contributed by atoms with van der Waals surface area (Å²) in [4.78, 5) is 4.58. The molecule has 2 nitrogen and oxygen atoms in total. The molecule has 0 aliphatic heterocycles. The van der Waals surface area contributed by atoms with Crippen LogP contribution in [0.2, 0.25) is 0 Å². The number of rotatable bonds is 2. The molecule has 0 heterocycles. The molecule has 0 fully saturated rings. The molecule has 0 amide bonds. The Labute approximate surface area is 134 Å². The highest BCUT2D eigenvalue weighted by Crippen LogP contribution is 2.28. The van der Waals surface area contributed by atoms with Gasteiger partial charge < -0.3 is 5.11 Å². The summed E-state index contributed by atoms with van der Waals surface area (Å²) in [5.41, 5.74) is 1.94. The second kappa shape index (κ2) is 5.58. The van der Waals surface area contributed by atoms with Crippen LogP contribution < -0.4 is 0 Å². The number of nitrogens with zero attached hydrogens (tertiary/aromatic N) is 1. The number of hydrogen-bond acceptors (Lipinski definition) is 2. The fourth-order valence-electron chi connectivity index (χ4n) is 2.87. The van der Waals surface area contributed by atoms with Gasteiger partial charge >= 0.3 is 0 Å². The first-order chi connectivity index (χ1) is 11.3. The van der Waals surface area contributed by atoms with Crippen LogP contribution in [0.5, 0.6) is 5.75 Å². The van der Waals surface area contributed by atoms with Crippen molar-refractivity contribution < 1.29 is 5.11 Å². The number of hydrogen-bond donors (Lipinski definition) is 1. The Bertz CT molecular complexity index is 963. The molecule has 0 saturated carbocycles. The Balaban J connectivity index is 1.93. The first-order valence-electron chi connectivity index (χ1n) is 7.55. The molecule has 0 bridgehead atoms. The van der Waals surface area contributed by atoms with Crippen molar-refractivity contribution >= 4 is 33.4 Å². The fraction of sp³-hybridized carbons (Fsp3) is 0. The van der Waals surface area contributed by atoms with E-state index < -0.39 is 0 Å². The largest absolute Gasteiger partial charge is 0.508 e. The number of phenolic OH excluding ortho intramolecular Hbond substituents is 1. The number of aromatic hydroxyl groups is 1. The number of aliphatic imine (C=N–C) groups is 1. The Hall–Kier alpha value is -3.13. The van der Waals surface area contributed by atoms with Gasteiger partial charge in [-0.05, 0) is 51.9 Å². The van der Waals surface area contributed by atoms with E-state index in [1.807, 2.05) is 6.21 Å². The molecule has 1 N–H and O–H groups in total. The zero-order valence-electron chi connectivity index (χ0n) is 12.5. The van der Waals surface area contributed by atoms with Crippen molar-refractivity contribution in [1.29, 1.82) is 0 Å². The topological polar surface area (TPSA) is 32.6 Å². The second-order valence-corrected chi connectivity index (χ2v) is 5.51. The summed E-state index contributed by atoms with van der Waals surface area (Å²) in [7, 11) is 0. The SMILES string of the molecule is Oc1ccc(N=Cc2c3ccccc3cc3ccccc23)cc1. The van der Waals surface area contributed by atoms with Crippen molar-refractivity contribution in [3.05, 3.63) is 84.4 Å². The van der Waals surface area contributed by atoms with Crippen molar-refractivity contribution in [1.82, 2.24) is 0 Å². The van der Waals surface area contributed by atoms with Crippen LogP contribution in [0, 0.1) is 0 Å². The third-order valence-corrected chi connectivity index (χ3v) is 4.01. The van der Waals surface area contributed by atoms with E-state index in [9.17, 15) is 5.11 Å². The fourth-order valence-corrected chi connectivity index (χ4v) is 2.87. The summed E-state index contributed by atoms with van der Waals surface area (Å²) < 4.78 is 0. The quantitative estimate of drug-likeness (QED) is 0.387. The van der Waals surface area contributed by atoms with Crippen LogP contribution in [0.15, 0.2) is 83.9 Å². The lowest BCUT2D eigenvalue weighted by atomic mass is 9.97. The molecule has 110 valence electrons. The molecule has 0 aromatic heterocycles. The van der Waals surface area contributed by atoms with E-state index in [0.29, 0.717) is 0 Å². The molecule has 23 heavy (non-hydrogen) atoms. The Morgan fingerprint density at radius 1 is 0.696 bits per heavy atom. The average Bonchev–Trinajstić information content (AvgIpc) is 2.60. The third kappa shape index (κ3) is 2.55. The molecule has 0 aliphatic rings. The zero-order valence-corrected chi connectivity index (χ0v) is 12.5. The molecule has 0 atom stereocenters. The van der Waals surface area contributed by atoms with Gasteiger partial charge in [0.15, 0.2) is 0 Å². The number of benzene rings is 4. The van der Waals surface area contributed by atoms with Crippen LogP contribution in [0.1, 0.15) is 5.56 Å². The van der Waals surface area contributed by atoms with E-state index in [4.69, 9.17) is 0 Å². The van der Waals surface area contributed by atoms with Gasteiger partial charge in [0, 0.05) is 11.8 Å². The maximum atomic E-state index is 9.37. The molecule has 2 heteroatoms. The van der Waals surface area contributed by atoms with Crippen LogP contribution in [0.4, 0.5) is 5.69 Å². The zero-order chi connectivity index (χ0) is 15.6. The molecular formula is C21H15NO. The van der Waals surface area contributed by atoms with Crippen LogP contribution in [0.3, 0.4) is 0 Å². The van der Waals surface area contributed by atoms with Crippen LogP contribution in [-0.4, -0.2) is 11.3 Å². The van der Waals surface area contributed by atoms with Gasteiger partial charge in [-0.3, -0.25) is 4.99 Å². The summed E-state index contributed by atoms with van der Waals surface area (Å²) in [6.07, 6.45) is 1.91. The first-order valence-corrected chi connectivity index (χ1v) is 7.55. The van der Waals surface area contributed by atoms with Crippen LogP contribution in [-0.2, 0) is 0 Å². The smallest absolute Gasteiger partial charge is 0.115 e. The average molecular weight is 297 g/mol. The lowest BCUT2D eigenvalue weighted by Crippen LogP contribution is -1.88. The van der Waals surface area contributed by atoms with Gasteiger partial charge in [0.1, 0.15) is 5.75 Å². The molecule has 0 aliphatic carbocycles. The Morgan fingerprint density at radius 3 is 1.87 bits per heavy atom. The third-order valence-electron chi connectivity index (χ3n) is 4.01. The van der Waals surface area contributed by atoms with Crippen molar-refractivity contribution in [3.63, 3.8) is 0 Å². The molecule has 4 aromatic carbocycles. The molecule has 0 saturated heterocycles. The lowest BCUT2D eigenvalue weighted by molar-refractivity contribution is 0.475. The van der Waals surface area contributed by atoms with Gasteiger partial charge in [-0.25, -0.2) is 0 Å². The second-order valence-electron chi connectivity index (χ2n) is 5.51. The van der Waals surface area contributed by atoms with Gasteiger partial charge in [-0.15, -0.1) is 0 Å². The summed E-state index contributed by atoms with van der Waals surface area (Å²) in [6.45, 7) is 0. The molecule has 4 aromatic rings. The highest BCUT2D eigenvalue weighted by Gasteiger charge is 2.05. The van der Waals surface area contributed by atoms with E-state index in [1.54, 1.807) is 24.3 Å². The standard InChI is InChI=1S/C21H15NO/c23-18-11-9-17(10-12-18)22-14-21-19-7-3-1-5-15(19)13-16-6-2-4-8-20(16)21/h1-14,23H. The summed E-state index contributed by atoms with van der Waals surface area (Å²) in [5, 5.41) is 14.2. The predicted octanol–water partition coefficient (Wildman–Crippen LogP) is 5.45. The lowest BCUT2D eigenvalue weighted by Gasteiger charge is -2.07. The van der Waals surface area contributed by atoms with Crippen molar-refractivity contribution in [2.24, 2.45) is 4.99 Å². The Kier molecular flexibility index (Phi) is 3.28. The highest BCUT2D eigenvalue weighted by molar-refractivity contribution is 6.13. The minimum Gasteiger partial charge on any atom is -0.508 e. The van der Waals surface area contributed by atoms with Gasteiger partial charge in [-0.2, -0.15) is 0 Å². The number of phenols is 1. The first kappa shape index (κ1) is 13.5. The van der Waals surface area contributed by atoms with Crippen molar-refractivity contribution in [3.8, 4) is 5.75 Å². The Morgan fingerprint density at radius 2 is 1.26 bits per heavy atom. The van der Waals surface area contributed by atoms with Crippen LogP contribution in [0.25, 0.3) is 21.5 Å². The molecule has 0 unspecified atom stereocenters. The maximum absolute atomic E-state index is 9.37. The monoisotopic (exact) mass is 297 g/mol. The highest BCUT2D eigenvalue weighted by atomic mass is 16.3. The molecule has 0 radical (unpaired) electrons. The maximum Gasteiger partial charge on any atom is 0.115 e. The molecular weight excluding hydrogens is 282 g/mol. The van der Waals surface area contributed by atoms with E-state index in [-0.39, 0.29) is 5.75 Å². The summed E-state index contributed by atoms with van der Waals surface area (Å²) >= 11 is 0. The van der Waals surface area contributed by atoms with Gasteiger partial charge in [0.05, 0.1) is 5.69 Å². The van der Waals surface area contributed by atoms with Crippen LogP contribution >= 0.6 is 0 Å². The molecule has 4 rings (SSSR count). The van der Waals surface area contributed by atoms with E-state index in [1.165, 1.54) is 21.5 Å². The van der Waals surface area contributed by atoms with Crippen molar-refractivity contribution in [2.45, 2.75) is 0 Å². The van der Waals surface area contributed by atoms with E-state index >= 15 is 0 Å². The number of fused-ring (bicyclic) bond motifs is 2. The minimum atomic E-state index is 0.250. The van der Waals surface area contributed by atoms with Gasteiger partial charge in [0.25, 0.3) is 0 Å². The van der Waals surface area contributed by atoms with Gasteiger partial charge in [0.2, 0.25) is 0 Å². The van der Waals surface area contributed by atoms with Gasteiger partial charge in [-0.1, -0.05) is 48.5 Å². The summed E-state index contributed by atoms with van der Waals surface area (Å²) in [6, 6.07) is 25.8.